The van der Waals surface area contributed by atoms with Crippen LogP contribution in [0.4, 0.5) is 11.4 Å². The van der Waals surface area contributed by atoms with Gasteiger partial charge in [0.2, 0.25) is 0 Å². The molecular formula is C21H17ClN2O3S. The largest absolute Gasteiger partial charge is 0.479 e. The zero-order valence-corrected chi connectivity index (χ0v) is 16.6. The van der Waals surface area contributed by atoms with Crippen molar-refractivity contribution >= 4 is 46.1 Å². The van der Waals surface area contributed by atoms with E-state index in [0.717, 1.165) is 5.56 Å². The van der Waals surface area contributed by atoms with Crippen LogP contribution in [-0.4, -0.2) is 17.9 Å². The normalized spacial score (nSPS) is 15.7. The molecule has 1 unspecified atom stereocenters. The van der Waals surface area contributed by atoms with Crippen LogP contribution in [0.1, 0.15) is 22.2 Å². The number of nitrogens with zero attached hydrogens (tertiary/aromatic N) is 1. The standard InChI is InChI=1S/C21H17ClN2O3S/c1-13-21(26)24(12-14-5-2-3-6-16(14)22)17-11-15(8-9-18(17)27-13)23-20(25)19-7-4-10-28-19/h2-11,13H,12H2,1H3,(H,23,25). The first-order valence-electron chi connectivity index (χ1n) is 8.73. The quantitative estimate of drug-likeness (QED) is 0.658. The van der Waals surface area contributed by atoms with Crippen LogP contribution in [0.25, 0.3) is 0 Å². The van der Waals surface area contributed by atoms with Crippen molar-refractivity contribution in [1.29, 1.82) is 0 Å². The summed E-state index contributed by atoms with van der Waals surface area (Å²) in [6, 6.07) is 16.3. The molecule has 0 aliphatic carbocycles. The van der Waals surface area contributed by atoms with E-state index in [4.69, 9.17) is 16.3 Å². The van der Waals surface area contributed by atoms with Gasteiger partial charge in [-0.1, -0.05) is 35.9 Å². The minimum atomic E-state index is -0.596. The Morgan fingerprint density at radius 2 is 2.04 bits per heavy atom. The van der Waals surface area contributed by atoms with Crippen LogP contribution in [0, 0.1) is 0 Å². The Hall–Kier alpha value is -2.83. The SMILES string of the molecule is CC1Oc2ccc(NC(=O)c3cccs3)cc2N(Cc2ccccc2Cl)C1=O. The van der Waals surface area contributed by atoms with Gasteiger partial charge in [0.1, 0.15) is 5.75 Å². The van der Waals surface area contributed by atoms with E-state index in [1.165, 1.54) is 11.3 Å². The molecule has 1 aliphatic rings. The van der Waals surface area contributed by atoms with E-state index in [1.807, 2.05) is 29.6 Å². The van der Waals surface area contributed by atoms with Gasteiger partial charge in [0.15, 0.2) is 6.10 Å². The number of amides is 2. The summed E-state index contributed by atoms with van der Waals surface area (Å²) < 4.78 is 5.74. The fraction of sp³-hybridized carbons (Fsp3) is 0.143. The molecule has 7 heteroatoms. The summed E-state index contributed by atoms with van der Waals surface area (Å²) in [4.78, 5) is 27.4. The highest BCUT2D eigenvalue weighted by molar-refractivity contribution is 7.12. The lowest BCUT2D eigenvalue weighted by Gasteiger charge is -2.33. The second-order valence-corrected chi connectivity index (χ2v) is 7.74. The number of anilines is 2. The van der Waals surface area contributed by atoms with Crippen molar-refractivity contribution in [3.05, 3.63) is 75.4 Å². The molecule has 1 atom stereocenters. The zero-order valence-electron chi connectivity index (χ0n) is 15.0. The molecule has 0 radical (unpaired) electrons. The lowest BCUT2D eigenvalue weighted by Crippen LogP contribution is -2.44. The molecule has 1 aliphatic heterocycles. The predicted molar refractivity (Wildman–Crippen MR) is 111 cm³/mol. The molecule has 1 aromatic heterocycles. The number of thiophene rings is 1. The summed E-state index contributed by atoms with van der Waals surface area (Å²) in [6.45, 7) is 2.04. The molecule has 28 heavy (non-hydrogen) atoms. The number of fused-ring (bicyclic) bond motifs is 1. The predicted octanol–water partition coefficient (Wildman–Crippen LogP) is 4.97. The van der Waals surface area contributed by atoms with Gasteiger partial charge in [-0.3, -0.25) is 9.59 Å². The number of carbonyl (C=O) groups is 2. The zero-order chi connectivity index (χ0) is 19.7. The first-order chi connectivity index (χ1) is 13.5. The summed E-state index contributed by atoms with van der Waals surface area (Å²) in [7, 11) is 0. The van der Waals surface area contributed by atoms with E-state index in [2.05, 4.69) is 5.32 Å². The summed E-state index contributed by atoms with van der Waals surface area (Å²) in [5.74, 6) is 0.242. The molecule has 142 valence electrons. The topological polar surface area (TPSA) is 58.6 Å². The van der Waals surface area contributed by atoms with Crippen molar-refractivity contribution in [1.82, 2.24) is 0 Å². The molecule has 0 bridgehead atoms. The first-order valence-corrected chi connectivity index (χ1v) is 9.99. The van der Waals surface area contributed by atoms with Gasteiger partial charge < -0.3 is 15.0 Å². The number of hydrogen-bond donors (Lipinski definition) is 1. The Morgan fingerprint density at radius 1 is 1.21 bits per heavy atom. The number of hydrogen-bond acceptors (Lipinski definition) is 4. The average molecular weight is 413 g/mol. The van der Waals surface area contributed by atoms with Crippen molar-refractivity contribution in [2.75, 3.05) is 10.2 Å². The van der Waals surface area contributed by atoms with Gasteiger partial charge in [-0.2, -0.15) is 0 Å². The summed E-state index contributed by atoms with van der Waals surface area (Å²) >= 11 is 7.65. The molecule has 2 amide bonds. The molecule has 4 rings (SSSR count). The number of halogens is 1. The summed E-state index contributed by atoms with van der Waals surface area (Å²) in [5.41, 5.74) is 2.03. The van der Waals surface area contributed by atoms with E-state index in [-0.39, 0.29) is 11.8 Å². The smallest absolute Gasteiger partial charge is 0.268 e. The third-order valence-electron chi connectivity index (χ3n) is 4.46. The van der Waals surface area contributed by atoms with Gasteiger partial charge in [-0.05, 0) is 48.2 Å². The molecule has 2 aromatic carbocycles. The van der Waals surface area contributed by atoms with Crippen LogP contribution in [0.5, 0.6) is 5.75 Å². The van der Waals surface area contributed by atoms with E-state index in [9.17, 15) is 9.59 Å². The van der Waals surface area contributed by atoms with Gasteiger partial charge >= 0.3 is 0 Å². The number of benzene rings is 2. The van der Waals surface area contributed by atoms with E-state index >= 15 is 0 Å². The van der Waals surface area contributed by atoms with Crippen molar-refractivity contribution in [3.8, 4) is 5.75 Å². The maximum Gasteiger partial charge on any atom is 0.268 e. The third-order valence-corrected chi connectivity index (χ3v) is 5.69. The maximum atomic E-state index is 12.8. The van der Waals surface area contributed by atoms with Crippen LogP contribution >= 0.6 is 22.9 Å². The second kappa shape index (κ2) is 7.66. The molecular weight excluding hydrogens is 396 g/mol. The van der Waals surface area contributed by atoms with E-state index in [1.54, 1.807) is 42.2 Å². The Kier molecular flexibility index (Phi) is 5.07. The Bertz CT molecular complexity index is 1040. The molecule has 1 N–H and O–H groups in total. The highest BCUT2D eigenvalue weighted by atomic mass is 35.5. The van der Waals surface area contributed by atoms with E-state index < -0.39 is 6.10 Å². The minimum Gasteiger partial charge on any atom is -0.479 e. The van der Waals surface area contributed by atoms with E-state index in [0.29, 0.717) is 33.6 Å². The van der Waals surface area contributed by atoms with Crippen LogP contribution in [0.3, 0.4) is 0 Å². The Morgan fingerprint density at radius 3 is 2.79 bits per heavy atom. The first kappa shape index (κ1) is 18.5. The van der Waals surface area contributed by atoms with Crippen molar-refractivity contribution in [2.45, 2.75) is 19.6 Å². The molecule has 0 saturated carbocycles. The van der Waals surface area contributed by atoms with Crippen molar-refractivity contribution in [2.24, 2.45) is 0 Å². The highest BCUT2D eigenvalue weighted by Crippen LogP contribution is 2.38. The number of nitrogens with one attached hydrogen (secondary N) is 1. The monoisotopic (exact) mass is 412 g/mol. The minimum absolute atomic E-state index is 0.158. The van der Waals surface area contributed by atoms with Crippen LogP contribution in [-0.2, 0) is 11.3 Å². The fourth-order valence-electron chi connectivity index (χ4n) is 3.05. The number of rotatable bonds is 4. The fourth-order valence-corrected chi connectivity index (χ4v) is 3.86. The van der Waals surface area contributed by atoms with Gasteiger partial charge in [0.25, 0.3) is 11.8 Å². The molecule has 5 nitrogen and oxygen atoms in total. The van der Waals surface area contributed by atoms with Gasteiger partial charge in [0, 0.05) is 10.7 Å². The number of ether oxygens (including phenoxy) is 1. The van der Waals surface area contributed by atoms with Gasteiger partial charge in [-0.15, -0.1) is 11.3 Å². The van der Waals surface area contributed by atoms with Gasteiger partial charge in [-0.25, -0.2) is 0 Å². The molecule has 0 fully saturated rings. The average Bonchev–Trinajstić information content (AvgIpc) is 3.22. The van der Waals surface area contributed by atoms with Crippen LogP contribution < -0.4 is 15.0 Å². The van der Waals surface area contributed by atoms with Gasteiger partial charge in [0.05, 0.1) is 17.1 Å². The maximum absolute atomic E-state index is 12.8. The van der Waals surface area contributed by atoms with Crippen molar-refractivity contribution in [3.63, 3.8) is 0 Å². The Labute approximate surface area is 171 Å². The van der Waals surface area contributed by atoms with Crippen molar-refractivity contribution < 1.29 is 14.3 Å². The molecule has 0 spiro atoms. The molecule has 0 saturated heterocycles. The lowest BCUT2D eigenvalue weighted by atomic mass is 10.1. The second-order valence-electron chi connectivity index (χ2n) is 6.39. The molecule has 3 aromatic rings. The van der Waals surface area contributed by atoms with Crippen LogP contribution in [0.2, 0.25) is 5.02 Å². The molecule has 2 heterocycles. The van der Waals surface area contributed by atoms with Crippen LogP contribution in [0.15, 0.2) is 60.0 Å². The summed E-state index contributed by atoms with van der Waals surface area (Å²) in [5, 5.41) is 5.31. The lowest BCUT2D eigenvalue weighted by molar-refractivity contribution is -0.125. The highest BCUT2D eigenvalue weighted by Gasteiger charge is 2.32. The summed E-state index contributed by atoms with van der Waals surface area (Å²) in [6.07, 6.45) is -0.596. The third kappa shape index (κ3) is 3.61. The Balaban J connectivity index is 1.66. The number of carbonyl (C=O) groups excluding carboxylic acids is 2.